The normalized spacial score (nSPS) is 20.5. The predicted octanol–water partition coefficient (Wildman–Crippen LogP) is -0.638. The summed E-state index contributed by atoms with van der Waals surface area (Å²) >= 11 is 0. The molecule has 2 heterocycles. The average Bonchev–Trinajstić information content (AvgIpc) is 2.32. The third kappa shape index (κ3) is 1.32. The Labute approximate surface area is 71.1 Å². The number of nitrogens with zero attached hydrogens (tertiary/aromatic N) is 4. The Kier molecular flexibility index (Phi) is 1.61. The zero-order valence-corrected chi connectivity index (χ0v) is 7.41. The van der Waals surface area contributed by atoms with Crippen molar-refractivity contribution in [2.45, 2.75) is 13.3 Å². The monoisotopic (exact) mass is 167 g/mol. The van der Waals surface area contributed by atoms with Crippen molar-refractivity contribution < 1.29 is 0 Å². The van der Waals surface area contributed by atoms with Crippen LogP contribution in [0.1, 0.15) is 12.7 Å². The second-order valence-electron chi connectivity index (χ2n) is 3.79. The summed E-state index contributed by atoms with van der Waals surface area (Å²) in [4.78, 5) is 1.50. The fourth-order valence-corrected chi connectivity index (χ4v) is 1.45. The lowest BCUT2D eigenvalue weighted by Crippen LogP contribution is -2.52. The molecule has 1 aromatic rings. The predicted molar refractivity (Wildman–Crippen MR) is 43.5 cm³/mol. The van der Waals surface area contributed by atoms with Gasteiger partial charge >= 0.3 is 0 Å². The molecule has 0 saturated carbocycles. The van der Waals surface area contributed by atoms with Gasteiger partial charge in [0.1, 0.15) is 0 Å². The molecule has 1 aliphatic heterocycles. The Morgan fingerprint density at radius 2 is 2.33 bits per heavy atom. The molecule has 0 aromatic carbocycles. The van der Waals surface area contributed by atoms with Gasteiger partial charge in [-0.25, -0.2) is 0 Å². The van der Waals surface area contributed by atoms with E-state index in [4.69, 9.17) is 0 Å². The first-order chi connectivity index (χ1) is 5.68. The smallest absolute Gasteiger partial charge is 0.175 e. The molecule has 0 radical (unpaired) electrons. The summed E-state index contributed by atoms with van der Waals surface area (Å²) in [6.45, 7) is 4.36. The van der Waals surface area contributed by atoms with Crippen molar-refractivity contribution in [1.29, 1.82) is 0 Å². The van der Waals surface area contributed by atoms with Crippen molar-refractivity contribution in [2.24, 2.45) is 12.5 Å². The molecular formula is C7H13N5. The van der Waals surface area contributed by atoms with Crippen LogP contribution in [0.4, 0.5) is 0 Å². The molecule has 1 saturated heterocycles. The molecule has 2 rings (SSSR count). The third-order valence-corrected chi connectivity index (χ3v) is 2.24. The van der Waals surface area contributed by atoms with Crippen molar-refractivity contribution in [3.05, 3.63) is 5.82 Å². The maximum absolute atomic E-state index is 4.14. The van der Waals surface area contributed by atoms with E-state index < -0.39 is 0 Å². The highest BCUT2D eigenvalue weighted by Gasteiger charge is 2.33. The lowest BCUT2D eigenvalue weighted by Gasteiger charge is -2.38. The third-order valence-electron chi connectivity index (χ3n) is 2.24. The van der Waals surface area contributed by atoms with Crippen LogP contribution in [0.2, 0.25) is 0 Å². The molecule has 1 aliphatic rings. The molecule has 66 valence electrons. The number of tetrazole rings is 1. The number of aromatic nitrogens is 4. The highest BCUT2D eigenvalue weighted by molar-refractivity contribution is 4.96. The van der Waals surface area contributed by atoms with E-state index in [2.05, 4.69) is 27.7 Å². The Morgan fingerprint density at radius 3 is 2.75 bits per heavy atom. The lowest BCUT2D eigenvalue weighted by atomic mass is 9.81. The Balaban J connectivity index is 2.03. The van der Waals surface area contributed by atoms with Crippen LogP contribution in [-0.2, 0) is 13.5 Å². The highest BCUT2D eigenvalue weighted by atomic mass is 15.6. The van der Waals surface area contributed by atoms with Gasteiger partial charge in [0.15, 0.2) is 5.82 Å². The second kappa shape index (κ2) is 2.52. The van der Waals surface area contributed by atoms with Crippen LogP contribution in [0.5, 0.6) is 0 Å². The molecule has 5 nitrogen and oxygen atoms in total. The SMILES string of the molecule is Cn1nnc(CC2(C)CNC2)n1. The van der Waals surface area contributed by atoms with E-state index in [0.717, 1.165) is 25.3 Å². The Morgan fingerprint density at radius 1 is 1.58 bits per heavy atom. The van der Waals surface area contributed by atoms with Crippen LogP contribution in [0.25, 0.3) is 0 Å². The molecule has 12 heavy (non-hydrogen) atoms. The van der Waals surface area contributed by atoms with Gasteiger partial charge in [0, 0.05) is 19.5 Å². The van der Waals surface area contributed by atoms with Gasteiger partial charge in [-0.15, -0.1) is 10.2 Å². The molecule has 0 aliphatic carbocycles. The first kappa shape index (κ1) is 7.67. The van der Waals surface area contributed by atoms with Gasteiger partial charge in [-0.1, -0.05) is 6.92 Å². The van der Waals surface area contributed by atoms with Gasteiger partial charge in [0.25, 0.3) is 0 Å². The van der Waals surface area contributed by atoms with Crippen LogP contribution >= 0.6 is 0 Å². The van der Waals surface area contributed by atoms with Crippen LogP contribution in [0.3, 0.4) is 0 Å². The van der Waals surface area contributed by atoms with Gasteiger partial charge in [0.05, 0.1) is 7.05 Å². The molecule has 1 N–H and O–H groups in total. The van der Waals surface area contributed by atoms with Crippen LogP contribution in [-0.4, -0.2) is 33.3 Å². The summed E-state index contributed by atoms with van der Waals surface area (Å²) in [5.74, 6) is 0.849. The maximum Gasteiger partial charge on any atom is 0.175 e. The van der Waals surface area contributed by atoms with Crippen molar-refractivity contribution >= 4 is 0 Å². The van der Waals surface area contributed by atoms with Crippen molar-refractivity contribution in [3.63, 3.8) is 0 Å². The molecule has 0 unspecified atom stereocenters. The maximum atomic E-state index is 4.14. The van der Waals surface area contributed by atoms with Gasteiger partial charge in [-0.05, 0) is 10.6 Å². The molecule has 0 amide bonds. The van der Waals surface area contributed by atoms with E-state index in [-0.39, 0.29) is 0 Å². The lowest BCUT2D eigenvalue weighted by molar-refractivity contribution is 0.191. The quantitative estimate of drug-likeness (QED) is 0.636. The molecule has 0 atom stereocenters. The average molecular weight is 167 g/mol. The molecule has 0 spiro atoms. The number of aryl methyl sites for hydroxylation is 1. The number of hydrogen-bond donors (Lipinski definition) is 1. The zero-order valence-electron chi connectivity index (χ0n) is 7.41. The fraction of sp³-hybridized carbons (Fsp3) is 0.857. The van der Waals surface area contributed by atoms with Gasteiger partial charge in [-0.3, -0.25) is 0 Å². The topological polar surface area (TPSA) is 55.6 Å². The van der Waals surface area contributed by atoms with E-state index in [1.807, 2.05) is 0 Å². The minimum Gasteiger partial charge on any atom is -0.316 e. The summed E-state index contributed by atoms with van der Waals surface area (Å²) in [5.41, 5.74) is 0.350. The van der Waals surface area contributed by atoms with E-state index in [1.54, 1.807) is 7.05 Å². The minimum atomic E-state index is 0.350. The van der Waals surface area contributed by atoms with Gasteiger partial charge < -0.3 is 5.32 Å². The van der Waals surface area contributed by atoms with E-state index in [1.165, 1.54) is 4.80 Å². The summed E-state index contributed by atoms with van der Waals surface area (Å²) in [6.07, 6.45) is 0.924. The summed E-state index contributed by atoms with van der Waals surface area (Å²) in [6, 6.07) is 0. The number of hydrogen-bond acceptors (Lipinski definition) is 4. The summed E-state index contributed by atoms with van der Waals surface area (Å²) in [7, 11) is 1.79. The zero-order chi connectivity index (χ0) is 8.60. The van der Waals surface area contributed by atoms with Crippen molar-refractivity contribution in [3.8, 4) is 0 Å². The van der Waals surface area contributed by atoms with E-state index >= 15 is 0 Å². The second-order valence-corrected chi connectivity index (χ2v) is 3.79. The van der Waals surface area contributed by atoms with Crippen molar-refractivity contribution in [1.82, 2.24) is 25.5 Å². The Hall–Kier alpha value is -0.970. The first-order valence-electron chi connectivity index (χ1n) is 4.12. The van der Waals surface area contributed by atoms with Crippen LogP contribution in [0, 0.1) is 5.41 Å². The van der Waals surface area contributed by atoms with Gasteiger partial charge in [0.2, 0.25) is 0 Å². The molecule has 1 aromatic heterocycles. The molecular weight excluding hydrogens is 154 g/mol. The van der Waals surface area contributed by atoms with Crippen LogP contribution < -0.4 is 5.32 Å². The summed E-state index contributed by atoms with van der Waals surface area (Å²) < 4.78 is 0. The van der Waals surface area contributed by atoms with Gasteiger partial charge in [-0.2, -0.15) is 4.80 Å². The minimum absolute atomic E-state index is 0.350. The molecule has 0 bridgehead atoms. The van der Waals surface area contributed by atoms with E-state index in [0.29, 0.717) is 5.41 Å². The number of nitrogens with one attached hydrogen (secondary N) is 1. The van der Waals surface area contributed by atoms with Crippen molar-refractivity contribution in [2.75, 3.05) is 13.1 Å². The summed E-state index contributed by atoms with van der Waals surface area (Å²) in [5, 5.41) is 15.1. The highest BCUT2D eigenvalue weighted by Crippen LogP contribution is 2.24. The Bertz CT molecular complexity index is 275. The molecule has 1 fully saturated rings. The first-order valence-corrected chi connectivity index (χ1v) is 4.12. The largest absolute Gasteiger partial charge is 0.316 e. The molecule has 5 heteroatoms. The van der Waals surface area contributed by atoms with E-state index in [9.17, 15) is 0 Å². The van der Waals surface area contributed by atoms with Crippen LogP contribution in [0.15, 0.2) is 0 Å². The number of rotatable bonds is 2. The fourth-order valence-electron chi connectivity index (χ4n) is 1.45. The standard InChI is InChI=1S/C7H13N5/c1-7(4-8-5-7)3-6-9-11-12(2)10-6/h8H,3-5H2,1-2H3.